The van der Waals surface area contributed by atoms with Crippen LogP contribution in [0.4, 0.5) is 0 Å². The maximum atomic E-state index is 12.6. The van der Waals surface area contributed by atoms with Gasteiger partial charge >= 0.3 is 0 Å². The van der Waals surface area contributed by atoms with Gasteiger partial charge in [-0.05, 0) is 68.1 Å². The average Bonchev–Trinajstić information content (AvgIpc) is 3.13. The first-order chi connectivity index (χ1) is 16.9. The number of nitrogens with zero attached hydrogens (tertiary/aromatic N) is 2. The van der Waals surface area contributed by atoms with Gasteiger partial charge in [-0.15, -0.1) is 0 Å². The SMILES string of the molecule is Cc1cccc(C)c1-n1c(C)cc(/C=N\NC(=O)c2ccc(CSCc3ccccc3)cc2)c1C. The summed E-state index contributed by atoms with van der Waals surface area (Å²) in [6, 6.07) is 26.6. The highest BCUT2D eigenvalue weighted by Gasteiger charge is 2.13. The molecule has 1 N–H and O–H groups in total. The van der Waals surface area contributed by atoms with Crippen LogP contribution in [0, 0.1) is 27.7 Å². The zero-order chi connectivity index (χ0) is 24.8. The Kier molecular flexibility index (Phi) is 7.88. The van der Waals surface area contributed by atoms with Crippen molar-refractivity contribution in [2.75, 3.05) is 0 Å². The number of hydrazone groups is 1. The molecule has 0 aliphatic carbocycles. The van der Waals surface area contributed by atoms with Crippen LogP contribution in [0.15, 0.2) is 84.0 Å². The fourth-order valence-corrected chi connectivity index (χ4v) is 5.22. The summed E-state index contributed by atoms with van der Waals surface area (Å²) >= 11 is 1.86. The van der Waals surface area contributed by atoms with Crippen LogP contribution in [0.3, 0.4) is 0 Å². The molecule has 0 unspecified atom stereocenters. The van der Waals surface area contributed by atoms with Crippen molar-refractivity contribution in [3.05, 3.63) is 124 Å². The Balaban J connectivity index is 1.36. The third kappa shape index (κ3) is 5.92. The summed E-state index contributed by atoms with van der Waals surface area (Å²) in [5.41, 5.74) is 12.6. The average molecular weight is 482 g/mol. The Morgan fingerprint density at radius 2 is 1.49 bits per heavy atom. The summed E-state index contributed by atoms with van der Waals surface area (Å²) in [5.74, 6) is 1.67. The molecule has 0 atom stereocenters. The molecule has 0 aliphatic rings. The summed E-state index contributed by atoms with van der Waals surface area (Å²) in [6.07, 6.45) is 1.72. The fraction of sp³-hybridized carbons (Fsp3) is 0.200. The first-order valence-corrected chi connectivity index (χ1v) is 12.9. The number of benzene rings is 3. The molecule has 0 fully saturated rings. The lowest BCUT2D eigenvalue weighted by atomic mass is 10.1. The Morgan fingerprint density at radius 3 is 2.14 bits per heavy atom. The number of hydrogen-bond acceptors (Lipinski definition) is 3. The second-order valence-electron chi connectivity index (χ2n) is 8.78. The molecular weight excluding hydrogens is 450 g/mol. The van der Waals surface area contributed by atoms with E-state index in [0.29, 0.717) is 5.56 Å². The maximum Gasteiger partial charge on any atom is 0.271 e. The van der Waals surface area contributed by atoms with Gasteiger partial charge in [0.2, 0.25) is 0 Å². The Morgan fingerprint density at radius 1 is 0.857 bits per heavy atom. The largest absolute Gasteiger partial charge is 0.317 e. The molecule has 5 heteroatoms. The van der Waals surface area contributed by atoms with Gasteiger partial charge in [-0.3, -0.25) is 4.79 Å². The normalized spacial score (nSPS) is 11.2. The van der Waals surface area contributed by atoms with Gasteiger partial charge in [0.15, 0.2) is 0 Å². The predicted molar refractivity (Wildman–Crippen MR) is 148 cm³/mol. The number of nitrogens with one attached hydrogen (secondary N) is 1. The van der Waals surface area contributed by atoms with Crippen molar-refractivity contribution in [2.45, 2.75) is 39.2 Å². The summed E-state index contributed by atoms with van der Waals surface area (Å²) in [5, 5.41) is 4.24. The number of carbonyl (C=O) groups is 1. The van der Waals surface area contributed by atoms with Crippen LogP contribution in [-0.2, 0) is 11.5 Å². The molecule has 4 nitrogen and oxygen atoms in total. The van der Waals surface area contributed by atoms with Crippen molar-refractivity contribution >= 4 is 23.9 Å². The second kappa shape index (κ2) is 11.2. The Hall–Kier alpha value is -3.57. The van der Waals surface area contributed by atoms with Gasteiger partial charge in [-0.1, -0.05) is 60.7 Å². The van der Waals surface area contributed by atoms with E-state index in [9.17, 15) is 4.79 Å². The van der Waals surface area contributed by atoms with Crippen molar-refractivity contribution in [3.63, 3.8) is 0 Å². The predicted octanol–water partition coefficient (Wildman–Crippen LogP) is 6.91. The molecule has 0 radical (unpaired) electrons. The monoisotopic (exact) mass is 481 g/mol. The molecule has 1 aromatic heterocycles. The summed E-state index contributed by atoms with van der Waals surface area (Å²) in [4.78, 5) is 12.6. The molecule has 35 heavy (non-hydrogen) atoms. The molecule has 178 valence electrons. The molecule has 0 spiro atoms. The first-order valence-electron chi connectivity index (χ1n) is 11.7. The number of hydrogen-bond donors (Lipinski definition) is 1. The highest BCUT2D eigenvalue weighted by Crippen LogP contribution is 2.25. The maximum absolute atomic E-state index is 12.6. The van der Waals surface area contributed by atoms with E-state index in [1.54, 1.807) is 6.21 Å². The van der Waals surface area contributed by atoms with Gasteiger partial charge in [0.1, 0.15) is 0 Å². The van der Waals surface area contributed by atoms with Crippen LogP contribution in [0.5, 0.6) is 0 Å². The fourth-order valence-electron chi connectivity index (χ4n) is 4.26. The van der Waals surface area contributed by atoms with Crippen molar-refractivity contribution in [1.29, 1.82) is 0 Å². The minimum absolute atomic E-state index is 0.215. The van der Waals surface area contributed by atoms with E-state index in [4.69, 9.17) is 0 Å². The molecule has 4 rings (SSSR count). The third-order valence-corrected chi connectivity index (χ3v) is 7.17. The minimum Gasteiger partial charge on any atom is -0.317 e. The van der Waals surface area contributed by atoms with Crippen molar-refractivity contribution < 1.29 is 4.79 Å². The Bertz CT molecular complexity index is 1320. The van der Waals surface area contributed by atoms with Crippen molar-refractivity contribution in [1.82, 2.24) is 9.99 Å². The van der Waals surface area contributed by atoms with Crippen molar-refractivity contribution in [3.8, 4) is 5.69 Å². The molecule has 4 aromatic rings. The van der Waals surface area contributed by atoms with Crippen LogP contribution in [0.2, 0.25) is 0 Å². The van der Waals surface area contributed by atoms with E-state index < -0.39 is 0 Å². The first kappa shape index (κ1) is 24.6. The third-order valence-electron chi connectivity index (χ3n) is 6.10. The number of rotatable bonds is 8. The van der Waals surface area contributed by atoms with E-state index in [1.165, 1.54) is 27.9 Å². The zero-order valence-electron chi connectivity index (χ0n) is 20.7. The van der Waals surface area contributed by atoms with Gasteiger partial charge in [-0.25, -0.2) is 5.43 Å². The van der Waals surface area contributed by atoms with Crippen LogP contribution in [-0.4, -0.2) is 16.7 Å². The van der Waals surface area contributed by atoms with E-state index in [0.717, 1.165) is 28.5 Å². The van der Waals surface area contributed by atoms with E-state index in [-0.39, 0.29) is 5.91 Å². The number of carbonyl (C=O) groups excluding carboxylic acids is 1. The summed E-state index contributed by atoms with van der Waals surface area (Å²) < 4.78 is 2.25. The lowest BCUT2D eigenvalue weighted by Crippen LogP contribution is -2.17. The highest BCUT2D eigenvalue weighted by atomic mass is 32.2. The highest BCUT2D eigenvalue weighted by molar-refractivity contribution is 7.97. The number of aromatic nitrogens is 1. The zero-order valence-corrected chi connectivity index (χ0v) is 21.5. The second-order valence-corrected chi connectivity index (χ2v) is 9.76. The van der Waals surface area contributed by atoms with Gasteiger partial charge in [0.25, 0.3) is 5.91 Å². The molecule has 0 bridgehead atoms. The van der Waals surface area contributed by atoms with Gasteiger partial charge in [-0.2, -0.15) is 16.9 Å². The number of amides is 1. The number of thioether (sulfide) groups is 1. The molecular formula is C30H31N3OS. The van der Waals surface area contributed by atoms with E-state index in [1.807, 2.05) is 42.1 Å². The number of para-hydroxylation sites is 1. The molecule has 0 saturated heterocycles. The van der Waals surface area contributed by atoms with Crippen LogP contribution >= 0.6 is 11.8 Å². The molecule has 1 heterocycles. The number of aryl methyl sites for hydroxylation is 3. The Labute approximate surface area is 212 Å². The van der Waals surface area contributed by atoms with Crippen molar-refractivity contribution in [2.24, 2.45) is 5.10 Å². The van der Waals surface area contributed by atoms with Crippen LogP contribution in [0.1, 0.15) is 49.6 Å². The van der Waals surface area contributed by atoms with E-state index in [2.05, 4.69) is 91.3 Å². The van der Waals surface area contributed by atoms with E-state index >= 15 is 0 Å². The minimum atomic E-state index is -0.215. The smallest absolute Gasteiger partial charge is 0.271 e. The molecule has 0 aliphatic heterocycles. The van der Waals surface area contributed by atoms with Crippen LogP contribution in [0.25, 0.3) is 5.69 Å². The molecule has 3 aromatic carbocycles. The van der Waals surface area contributed by atoms with Gasteiger partial charge < -0.3 is 4.57 Å². The topological polar surface area (TPSA) is 46.4 Å². The molecule has 0 saturated carbocycles. The lowest BCUT2D eigenvalue weighted by Gasteiger charge is -2.15. The van der Waals surface area contributed by atoms with Gasteiger partial charge in [0.05, 0.1) is 11.9 Å². The standard InChI is InChI=1S/C30H31N3OS/c1-21-9-8-10-22(2)29(21)33-23(3)17-28(24(33)4)18-31-32-30(34)27-15-13-26(14-16-27)20-35-19-25-11-6-5-7-12-25/h5-18H,19-20H2,1-4H3,(H,32,34)/b31-18-. The summed E-state index contributed by atoms with van der Waals surface area (Å²) in [6.45, 7) is 8.43. The summed E-state index contributed by atoms with van der Waals surface area (Å²) in [7, 11) is 0. The quantitative estimate of drug-likeness (QED) is 0.220. The van der Waals surface area contributed by atoms with Crippen LogP contribution < -0.4 is 5.43 Å². The van der Waals surface area contributed by atoms with Gasteiger partial charge in [0, 0.05) is 34.0 Å². The molecule has 1 amide bonds. The lowest BCUT2D eigenvalue weighted by molar-refractivity contribution is 0.0955.